The van der Waals surface area contributed by atoms with Gasteiger partial charge in [-0.2, -0.15) is 0 Å². The van der Waals surface area contributed by atoms with Crippen molar-refractivity contribution in [2.75, 3.05) is 31.6 Å². The molecule has 0 radical (unpaired) electrons. The lowest BCUT2D eigenvalue weighted by Gasteiger charge is -2.22. The summed E-state index contributed by atoms with van der Waals surface area (Å²) in [5.74, 6) is 0.691. The number of piperidine rings is 1. The van der Waals surface area contributed by atoms with Gasteiger partial charge in [-0.1, -0.05) is 0 Å². The Morgan fingerprint density at radius 2 is 1.87 bits per heavy atom. The lowest BCUT2D eigenvalue weighted by Crippen LogP contribution is -2.27. The molecule has 2 unspecified atom stereocenters. The van der Waals surface area contributed by atoms with Gasteiger partial charge in [-0.05, 0) is 61.3 Å². The van der Waals surface area contributed by atoms with E-state index in [-0.39, 0.29) is 16.0 Å². The Kier molecular flexibility index (Phi) is 4.89. The van der Waals surface area contributed by atoms with E-state index in [0.717, 1.165) is 41.5 Å². The van der Waals surface area contributed by atoms with Gasteiger partial charge in [-0.3, -0.25) is 4.31 Å². The molecule has 30 heavy (non-hydrogen) atoms. The van der Waals surface area contributed by atoms with Gasteiger partial charge < -0.3 is 14.8 Å². The molecule has 4 rings (SSSR count). The number of rotatable bonds is 6. The van der Waals surface area contributed by atoms with Crippen LogP contribution in [0.3, 0.4) is 0 Å². The third-order valence-electron chi connectivity index (χ3n) is 5.86. The van der Waals surface area contributed by atoms with Crippen molar-refractivity contribution < 1.29 is 31.1 Å². The summed E-state index contributed by atoms with van der Waals surface area (Å²) in [6, 6.07) is 9.46. The molecule has 10 heteroatoms. The predicted octanol–water partition coefficient (Wildman–Crippen LogP) is 3.28. The lowest BCUT2D eigenvalue weighted by molar-refractivity contribution is -0.274. The number of nitrogens with zero attached hydrogens (tertiary/aromatic N) is 1. The number of hydrogen-bond donors (Lipinski definition) is 1. The Hall–Kier alpha value is -2.46. The van der Waals surface area contributed by atoms with Crippen molar-refractivity contribution in [3.05, 3.63) is 48.0 Å². The Labute approximate surface area is 172 Å². The van der Waals surface area contributed by atoms with E-state index in [4.69, 9.17) is 4.74 Å². The van der Waals surface area contributed by atoms with Crippen LogP contribution in [0, 0.1) is 5.92 Å². The highest BCUT2D eigenvalue weighted by Gasteiger charge is 2.59. The van der Waals surface area contributed by atoms with E-state index in [1.54, 1.807) is 19.2 Å². The maximum absolute atomic E-state index is 13.2. The third-order valence-corrected chi connectivity index (χ3v) is 7.64. The van der Waals surface area contributed by atoms with Crippen LogP contribution in [0.4, 0.5) is 18.9 Å². The predicted molar refractivity (Wildman–Crippen MR) is 104 cm³/mol. The summed E-state index contributed by atoms with van der Waals surface area (Å²) in [6.07, 6.45) is -3.83. The first-order chi connectivity index (χ1) is 14.1. The van der Waals surface area contributed by atoms with Crippen LogP contribution in [0.2, 0.25) is 0 Å². The summed E-state index contributed by atoms with van der Waals surface area (Å²) in [5, 5.41) is 3.33. The zero-order valence-corrected chi connectivity index (χ0v) is 17.2. The molecule has 0 amide bonds. The number of methoxy groups -OCH3 is 1. The minimum Gasteiger partial charge on any atom is -0.496 e. The second-order valence-electron chi connectivity index (χ2n) is 7.56. The maximum Gasteiger partial charge on any atom is 0.573 e. The summed E-state index contributed by atoms with van der Waals surface area (Å²) in [4.78, 5) is 0.100. The van der Waals surface area contributed by atoms with E-state index in [1.165, 1.54) is 25.2 Å². The first-order valence-corrected chi connectivity index (χ1v) is 10.7. The zero-order valence-electron chi connectivity index (χ0n) is 16.4. The highest BCUT2D eigenvalue weighted by atomic mass is 32.2. The van der Waals surface area contributed by atoms with Crippen LogP contribution in [0.15, 0.2) is 47.4 Å². The summed E-state index contributed by atoms with van der Waals surface area (Å²) in [7, 11) is -1.02. The average molecular weight is 442 g/mol. The first kappa shape index (κ1) is 20.8. The molecule has 0 spiro atoms. The quantitative estimate of drug-likeness (QED) is 0.744. The largest absolute Gasteiger partial charge is 0.573 e. The van der Waals surface area contributed by atoms with E-state index in [1.807, 2.05) is 0 Å². The van der Waals surface area contributed by atoms with Crippen molar-refractivity contribution >= 4 is 15.7 Å². The Morgan fingerprint density at radius 1 is 1.17 bits per heavy atom. The molecule has 2 fully saturated rings. The highest BCUT2D eigenvalue weighted by Crippen LogP contribution is 2.58. The molecule has 1 heterocycles. The van der Waals surface area contributed by atoms with Crippen molar-refractivity contribution in [3.8, 4) is 11.5 Å². The van der Waals surface area contributed by atoms with Gasteiger partial charge in [0, 0.05) is 24.6 Å². The van der Waals surface area contributed by atoms with E-state index in [0.29, 0.717) is 11.7 Å². The van der Waals surface area contributed by atoms with Crippen LogP contribution in [0.1, 0.15) is 12.0 Å². The summed E-state index contributed by atoms with van der Waals surface area (Å²) < 4.78 is 73.7. The van der Waals surface area contributed by atoms with Crippen LogP contribution in [0.5, 0.6) is 11.5 Å². The maximum atomic E-state index is 13.2. The highest BCUT2D eigenvalue weighted by molar-refractivity contribution is 7.92. The van der Waals surface area contributed by atoms with Crippen molar-refractivity contribution in [1.82, 2.24) is 5.32 Å². The lowest BCUT2D eigenvalue weighted by atomic mass is 9.94. The zero-order chi connectivity index (χ0) is 21.7. The topological polar surface area (TPSA) is 67.9 Å². The molecule has 0 aromatic heterocycles. The number of nitrogens with one attached hydrogen (secondary N) is 1. The molecule has 2 atom stereocenters. The Morgan fingerprint density at radius 3 is 2.40 bits per heavy atom. The van der Waals surface area contributed by atoms with Gasteiger partial charge in [0.25, 0.3) is 10.0 Å². The van der Waals surface area contributed by atoms with Crippen molar-refractivity contribution in [3.63, 3.8) is 0 Å². The number of sulfonamides is 1. The number of anilines is 1. The van der Waals surface area contributed by atoms with Crippen molar-refractivity contribution in [1.29, 1.82) is 0 Å². The summed E-state index contributed by atoms with van der Waals surface area (Å²) >= 11 is 0. The first-order valence-electron chi connectivity index (χ1n) is 9.31. The third kappa shape index (κ3) is 3.58. The van der Waals surface area contributed by atoms with Gasteiger partial charge in [0.1, 0.15) is 11.5 Å². The standard InChI is InChI=1S/C20H21F3N2O4S/c1-25(14-3-5-15(6-4-14)29-20(21,22)23)30(26,27)16-7-8-18(28-2)17(9-16)19-10-13(19)11-24-12-19/h3-9,13,24H,10-12H2,1-2H3. The molecule has 1 saturated carbocycles. The molecule has 2 aromatic carbocycles. The SMILES string of the molecule is COc1ccc(S(=O)(=O)N(C)c2ccc(OC(F)(F)F)cc2)cc1C12CNCC1C2. The molecule has 6 nitrogen and oxygen atoms in total. The number of ether oxygens (including phenoxy) is 2. The number of fused-ring (bicyclic) bond motifs is 1. The van der Waals surface area contributed by atoms with Gasteiger partial charge in [0.2, 0.25) is 0 Å². The number of alkyl halides is 3. The monoisotopic (exact) mass is 442 g/mol. The smallest absolute Gasteiger partial charge is 0.496 e. The van der Waals surface area contributed by atoms with Gasteiger partial charge in [0.15, 0.2) is 0 Å². The van der Waals surface area contributed by atoms with Crippen molar-refractivity contribution in [2.24, 2.45) is 5.92 Å². The number of hydrogen-bond acceptors (Lipinski definition) is 5. The fraction of sp³-hybridized carbons (Fsp3) is 0.400. The van der Waals surface area contributed by atoms with Gasteiger partial charge in [0.05, 0.1) is 17.7 Å². The number of halogens is 3. The van der Waals surface area contributed by atoms with Crippen LogP contribution in [-0.4, -0.2) is 42.0 Å². The van der Waals surface area contributed by atoms with Crippen LogP contribution >= 0.6 is 0 Å². The minimum atomic E-state index is -4.81. The molecule has 2 aliphatic rings. The molecular weight excluding hydrogens is 421 g/mol. The molecular formula is C20H21F3N2O4S. The summed E-state index contributed by atoms with van der Waals surface area (Å²) in [5.41, 5.74) is 0.974. The fourth-order valence-electron chi connectivity index (χ4n) is 4.15. The second kappa shape index (κ2) is 7.05. The van der Waals surface area contributed by atoms with Crippen LogP contribution < -0.4 is 19.1 Å². The normalized spacial score (nSPS) is 23.0. The molecule has 1 aliphatic heterocycles. The number of benzene rings is 2. The molecule has 1 N–H and O–H groups in total. The summed E-state index contributed by atoms with van der Waals surface area (Å²) in [6.45, 7) is 1.67. The molecule has 2 aromatic rings. The van der Waals surface area contributed by atoms with Crippen molar-refractivity contribution in [2.45, 2.75) is 23.1 Å². The van der Waals surface area contributed by atoms with Gasteiger partial charge in [-0.25, -0.2) is 8.42 Å². The fourth-order valence-corrected chi connectivity index (χ4v) is 5.37. The Bertz CT molecular complexity index is 1060. The van der Waals surface area contributed by atoms with Crippen LogP contribution in [-0.2, 0) is 15.4 Å². The molecule has 1 aliphatic carbocycles. The molecule has 0 bridgehead atoms. The molecule has 1 saturated heterocycles. The van der Waals surface area contributed by atoms with Gasteiger partial charge >= 0.3 is 6.36 Å². The van der Waals surface area contributed by atoms with E-state index in [9.17, 15) is 21.6 Å². The minimum absolute atomic E-state index is 0.100. The molecule has 162 valence electrons. The van der Waals surface area contributed by atoms with Crippen LogP contribution in [0.25, 0.3) is 0 Å². The van der Waals surface area contributed by atoms with E-state index < -0.39 is 22.1 Å². The average Bonchev–Trinajstić information content (AvgIpc) is 3.26. The van der Waals surface area contributed by atoms with Gasteiger partial charge in [-0.15, -0.1) is 13.2 Å². The second-order valence-corrected chi connectivity index (χ2v) is 9.53. The van der Waals surface area contributed by atoms with E-state index >= 15 is 0 Å². The Balaban J connectivity index is 1.63. The van der Waals surface area contributed by atoms with E-state index in [2.05, 4.69) is 10.1 Å².